The predicted molar refractivity (Wildman–Crippen MR) is 117 cm³/mol. The summed E-state index contributed by atoms with van der Waals surface area (Å²) in [5.41, 5.74) is 10.9. The topological polar surface area (TPSA) is 294 Å². The lowest BCUT2D eigenvalue weighted by atomic mass is 9.87. The van der Waals surface area contributed by atoms with Crippen molar-refractivity contribution in [3.63, 3.8) is 0 Å². The van der Waals surface area contributed by atoms with Crippen LogP contribution in [0.4, 0.5) is 0 Å². The molecule has 0 aromatic rings. The predicted octanol–water partition coefficient (Wildman–Crippen LogP) is -8.94. The number of rotatable bonds is 6. The van der Waals surface area contributed by atoms with Gasteiger partial charge in [0.05, 0.1) is 25.0 Å². The van der Waals surface area contributed by atoms with Gasteiger partial charge in [0, 0.05) is 6.42 Å². The summed E-state index contributed by atoms with van der Waals surface area (Å²) in [7, 11) is 1.73. The van der Waals surface area contributed by atoms with E-state index in [0.717, 1.165) is 0 Å². The summed E-state index contributed by atoms with van der Waals surface area (Å²) in [5.74, 6) is 4.25. The van der Waals surface area contributed by atoms with Crippen molar-refractivity contribution in [2.45, 2.75) is 112 Å². The van der Waals surface area contributed by atoms with Crippen molar-refractivity contribution in [1.82, 2.24) is 0 Å². The van der Waals surface area contributed by atoms with Crippen molar-refractivity contribution in [3.05, 3.63) is 0 Å². The molecule has 2 heterocycles. The number of aliphatic hydroxyl groups excluding tert-OH is 5. The molecule has 1 saturated carbocycles. The average Bonchev–Trinajstić information content (AvgIpc) is 2.80. The van der Waals surface area contributed by atoms with E-state index in [9.17, 15) is 30.6 Å². The Labute approximate surface area is 209 Å². The van der Waals surface area contributed by atoms with Gasteiger partial charge in [0.15, 0.2) is 18.7 Å². The molecule has 36 heavy (non-hydrogen) atoms. The zero-order valence-corrected chi connectivity index (χ0v) is 21.0. The van der Waals surface area contributed by atoms with E-state index < -0.39 is 79.1 Å². The number of nitrogens with two attached hydrogens (primary N) is 3. The van der Waals surface area contributed by atoms with Crippen LogP contribution in [0.2, 0.25) is 0 Å². The first-order valence-corrected chi connectivity index (χ1v) is 12.1. The highest BCUT2D eigenvalue weighted by Crippen LogP contribution is 2.31. The number of nitrogens with zero attached hydrogens (tertiary/aromatic N) is 1. The molecule has 0 aromatic carbocycles. The first-order valence-electron chi connectivity index (χ1n) is 12.1. The lowest BCUT2D eigenvalue weighted by molar-refractivity contribution is -0.695. The van der Waals surface area contributed by atoms with E-state index in [0.29, 0.717) is 12.8 Å². The Morgan fingerprint density at radius 3 is 2.22 bits per heavy atom. The summed E-state index contributed by atoms with van der Waals surface area (Å²) in [6.45, 7) is 3.22. The van der Waals surface area contributed by atoms with Crippen LogP contribution in [0.15, 0.2) is 5.22 Å². The Morgan fingerprint density at radius 2 is 1.67 bits per heavy atom. The van der Waals surface area contributed by atoms with Crippen LogP contribution < -0.4 is 28.2 Å². The van der Waals surface area contributed by atoms with Crippen LogP contribution in [-0.4, -0.2) is 129 Å². The lowest BCUT2D eigenvalue weighted by Crippen LogP contribution is -2.96. The molecule has 0 bridgehead atoms. The van der Waals surface area contributed by atoms with Gasteiger partial charge in [-0.1, -0.05) is 0 Å². The Bertz CT molecular complexity index is 693. The second-order valence-electron chi connectivity index (χ2n) is 10.1. The van der Waals surface area contributed by atoms with Crippen molar-refractivity contribution < 1.29 is 71.9 Å². The molecule has 16 nitrogen and oxygen atoms in total. The van der Waals surface area contributed by atoms with E-state index in [4.69, 9.17) is 18.9 Å². The Hall–Kier alpha value is -1.12. The van der Waals surface area contributed by atoms with Crippen molar-refractivity contribution in [3.8, 4) is 0 Å². The monoisotopic (exact) mass is 530 g/mol. The molecule has 1 unspecified atom stereocenters. The van der Waals surface area contributed by atoms with Crippen molar-refractivity contribution >= 4 is 0 Å². The van der Waals surface area contributed by atoms with E-state index in [2.05, 4.69) is 28.1 Å². The molecule has 2 aliphatic heterocycles. The minimum absolute atomic E-state index is 0.0543. The highest BCUT2D eigenvalue weighted by Gasteiger charge is 2.53. The Morgan fingerprint density at radius 1 is 1.06 bits per heavy atom. The second kappa shape index (κ2) is 13.1. The fourth-order valence-corrected chi connectivity index (χ4v) is 4.99. The molecule has 16 heteroatoms. The standard InChI is InChI=1S/C20H39N3O10.H3N3/c1-7(21)15-12(26)11(25)13(27)19(32-15)31-9-5-4-8(22)16(10(9)24)33-18-14(28)17(23-3)20(2,29)6-30-18;1-3-2/h7-19,23-29H,4-6,21-22H2,1-3H3;(H3,1,2)/p+4/t7?,8-,9-,10+,11+,12+,13-,14-,15-,16+,17-,18-,19+,20+;/m1./s1. The molecule has 212 valence electrons. The minimum Gasteiger partial charge on any atom is -0.387 e. The highest BCUT2D eigenvalue weighted by atomic mass is 16.7. The molecule has 1 aliphatic carbocycles. The molecule has 3 fully saturated rings. The number of likely N-dealkylation sites (N-methyl/N-ethyl adjacent to an activating group) is 1. The van der Waals surface area contributed by atoms with Gasteiger partial charge in [-0.3, -0.25) is 0 Å². The van der Waals surface area contributed by atoms with Crippen LogP contribution in [0.1, 0.15) is 26.7 Å². The van der Waals surface area contributed by atoms with E-state index in [1.807, 2.05) is 0 Å². The van der Waals surface area contributed by atoms with Crippen LogP contribution >= 0.6 is 0 Å². The summed E-state index contributed by atoms with van der Waals surface area (Å²) in [6, 6.07) is -1.32. The Kier molecular flexibility index (Phi) is 11.3. The smallest absolute Gasteiger partial charge is 0.190 e. The van der Waals surface area contributed by atoms with Gasteiger partial charge in [0.2, 0.25) is 0 Å². The lowest BCUT2D eigenvalue weighted by Gasteiger charge is -2.46. The minimum atomic E-state index is -1.52. The third-order valence-corrected chi connectivity index (χ3v) is 7.04. The van der Waals surface area contributed by atoms with Crippen LogP contribution in [0.25, 0.3) is 0 Å². The first kappa shape index (κ1) is 31.1. The van der Waals surface area contributed by atoms with Crippen LogP contribution in [0, 0.1) is 0 Å². The van der Waals surface area contributed by atoms with Gasteiger partial charge in [0.25, 0.3) is 0 Å². The van der Waals surface area contributed by atoms with Crippen molar-refractivity contribution in [2.24, 2.45) is 11.1 Å². The molecule has 14 atom stereocenters. The maximum Gasteiger partial charge on any atom is 0.190 e. The fraction of sp³-hybridized carbons (Fsp3) is 1.00. The van der Waals surface area contributed by atoms with Crippen molar-refractivity contribution in [2.75, 3.05) is 13.7 Å². The van der Waals surface area contributed by atoms with E-state index >= 15 is 0 Å². The quantitative estimate of drug-likeness (QED) is 0.0870. The maximum atomic E-state index is 11.0. The molecule has 18 N–H and O–H groups in total. The molecular formula is C20H46N6O10+4. The molecule has 3 aliphatic rings. The summed E-state index contributed by atoms with van der Waals surface area (Å²) < 4.78 is 23.0. The van der Waals surface area contributed by atoms with Crippen LogP contribution in [0.3, 0.4) is 0 Å². The zero-order chi connectivity index (χ0) is 27.4. The van der Waals surface area contributed by atoms with Gasteiger partial charge >= 0.3 is 0 Å². The molecule has 0 amide bonds. The van der Waals surface area contributed by atoms with Gasteiger partial charge < -0.3 is 66.4 Å². The first-order chi connectivity index (χ1) is 16.8. The van der Waals surface area contributed by atoms with E-state index in [-0.39, 0.29) is 12.6 Å². The molecule has 0 aromatic heterocycles. The van der Waals surface area contributed by atoms with E-state index in [1.54, 1.807) is 26.2 Å². The van der Waals surface area contributed by atoms with Crippen LogP contribution in [-0.2, 0) is 18.9 Å². The summed E-state index contributed by atoms with van der Waals surface area (Å²) in [6.07, 6.45) is -10.7. The number of aliphatic hydroxyl groups is 6. The second-order valence-corrected chi connectivity index (χ2v) is 10.1. The SMILES string of the molecule is C[NH2+][C@@H]1[C@@H](O)[C@@H](O[C@@H]2[C@@H](O)[C@H](O[C@H]3O[C@H](C(C)[NH3+])[C@@H](O)[C@H](O)[C@H]3O)CC[C@H]2[NH3+])OC[C@]1(C)O.NN=[NH2+]. The maximum absolute atomic E-state index is 11.0. The largest absolute Gasteiger partial charge is 0.387 e. The van der Waals surface area contributed by atoms with Gasteiger partial charge in [0.1, 0.15) is 60.4 Å². The van der Waals surface area contributed by atoms with Crippen molar-refractivity contribution in [1.29, 1.82) is 0 Å². The van der Waals surface area contributed by atoms with E-state index in [1.165, 1.54) is 0 Å². The van der Waals surface area contributed by atoms with Gasteiger partial charge in [-0.25, -0.2) is 0 Å². The summed E-state index contributed by atoms with van der Waals surface area (Å²) in [4.78, 5) is 0. The average molecular weight is 531 g/mol. The van der Waals surface area contributed by atoms with Gasteiger partial charge in [-0.2, -0.15) is 11.4 Å². The van der Waals surface area contributed by atoms with Crippen LogP contribution in [0.5, 0.6) is 0 Å². The fourth-order valence-electron chi connectivity index (χ4n) is 4.99. The van der Waals surface area contributed by atoms with Gasteiger partial charge in [-0.15, -0.1) is 0 Å². The third-order valence-electron chi connectivity index (χ3n) is 7.04. The Balaban J connectivity index is 0.00000145. The van der Waals surface area contributed by atoms with Gasteiger partial charge in [-0.05, 0) is 20.3 Å². The number of ether oxygens (including phenoxy) is 4. The number of hydrogen-bond acceptors (Lipinski definition) is 11. The number of hydrogen-bond donors (Lipinski definition) is 11. The molecule has 3 rings (SSSR count). The molecular weight excluding hydrogens is 484 g/mol. The normalized spacial score (nSPS) is 48.4. The zero-order valence-electron chi connectivity index (χ0n) is 21.0. The third kappa shape index (κ3) is 6.84. The summed E-state index contributed by atoms with van der Waals surface area (Å²) >= 11 is 0. The highest BCUT2D eigenvalue weighted by molar-refractivity contribution is 4.96. The molecule has 0 spiro atoms. The molecule has 0 radical (unpaired) electrons. The summed E-state index contributed by atoms with van der Waals surface area (Å²) in [5, 5.41) is 67.0. The number of quaternary nitrogens is 3. The molecule has 2 saturated heterocycles.